The zero-order chi connectivity index (χ0) is 7.98. The summed E-state index contributed by atoms with van der Waals surface area (Å²) in [5.74, 6) is -0.737. The summed E-state index contributed by atoms with van der Waals surface area (Å²) in [5, 5.41) is 8.64. The van der Waals surface area contributed by atoms with Gasteiger partial charge in [0.15, 0.2) is 0 Å². The van der Waals surface area contributed by atoms with Crippen molar-refractivity contribution in [3.8, 4) is 0 Å². The minimum atomic E-state index is -0.635. The van der Waals surface area contributed by atoms with Gasteiger partial charge in [-0.2, -0.15) is 0 Å². The Morgan fingerprint density at radius 1 is 1.27 bits per heavy atom. The van der Waals surface area contributed by atoms with Crippen LogP contribution in [-0.4, -0.2) is 11.1 Å². The monoisotopic (exact) mass is 272 g/mol. The van der Waals surface area contributed by atoms with Crippen LogP contribution >= 0.6 is 24.0 Å². The van der Waals surface area contributed by atoms with Crippen LogP contribution in [-0.2, 0) is 4.79 Å². The molecule has 0 atom stereocenters. The van der Waals surface area contributed by atoms with Crippen LogP contribution in [0.2, 0.25) is 0 Å². The van der Waals surface area contributed by atoms with Gasteiger partial charge in [-0.15, -0.1) is 24.0 Å². The van der Waals surface area contributed by atoms with Crippen LogP contribution in [0.3, 0.4) is 0 Å². The highest BCUT2D eigenvalue weighted by Gasteiger charge is 2.13. The predicted octanol–water partition coefficient (Wildman–Crippen LogP) is 2.91. The van der Waals surface area contributed by atoms with E-state index in [2.05, 4.69) is 0 Å². The Morgan fingerprint density at radius 3 is 1.82 bits per heavy atom. The molecule has 0 fully saturated rings. The van der Waals surface area contributed by atoms with Crippen molar-refractivity contribution in [2.24, 2.45) is 5.92 Å². The maximum atomic E-state index is 10.5. The van der Waals surface area contributed by atoms with Crippen LogP contribution < -0.4 is 0 Å². The van der Waals surface area contributed by atoms with Crippen molar-refractivity contribution in [2.75, 3.05) is 0 Å². The number of hydrogen-bond acceptors (Lipinski definition) is 1. The third-order valence-electron chi connectivity index (χ3n) is 1.62. The Morgan fingerprint density at radius 2 is 1.64 bits per heavy atom. The molecule has 68 valence electrons. The van der Waals surface area contributed by atoms with E-state index >= 15 is 0 Å². The maximum absolute atomic E-state index is 10.5. The molecule has 0 saturated heterocycles. The molecule has 1 N–H and O–H groups in total. The van der Waals surface area contributed by atoms with Crippen molar-refractivity contribution in [3.63, 3.8) is 0 Å². The highest BCUT2D eigenvalue weighted by atomic mass is 127. The molecule has 2 nitrogen and oxygen atoms in total. The molecule has 0 bridgehead atoms. The number of carboxylic acids is 1. The average molecular weight is 272 g/mol. The molecule has 0 unspecified atom stereocenters. The molecule has 0 aromatic rings. The summed E-state index contributed by atoms with van der Waals surface area (Å²) in [5.41, 5.74) is 0. The molecule has 0 saturated carbocycles. The molecule has 0 rings (SSSR count). The summed E-state index contributed by atoms with van der Waals surface area (Å²) in [6, 6.07) is 0. The van der Waals surface area contributed by atoms with Gasteiger partial charge in [-0.1, -0.05) is 26.7 Å². The zero-order valence-electron chi connectivity index (χ0n) is 7.17. The number of aliphatic carboxylic acids is 1. The van der Waals surface area contributed by atoms with Crippen LogP contribution in [0.4, 0.5) is 0 Å². The third kappa shape index (κ3) is 6.59. The molecule has 0 amide bonds. The second-order valence-corrected chi connectivity index (χ2v) is 2.61. The summed E-state index contributed by atoms with van der Waals surface area (Å²) < 4.78 is 0. The van der Waals surface area contributed by atoms with Crippen LogP contribution in [0.15, 0.2) is 0 Å². The quantitative estimate of drug-likeness (QED) is 0.781. The normalized spacial score (nSPS) is 9.36. The van der Waals surface area contributed by atoms with Gasteiger partial charge in [0.25, 0.3) is 0 Å². The molecule has 0 aromatic carbocycles. The molecular weight excluding hydrogens is 255 g/mol. The second-order valence-electron chi connectivity index (χ2n) is 2.61. The van der Waals surface area contributed by atoms with Gasteiger partial charge in [0.2, 0.25) is 0 Å². The fraction of sp³-hybridized carbons (Fsp3) is 0.875. The third-order valence-corrected chi connectivity index (χ3v) is 1.62. The first-order valence-electron chi connectivity index (χ1n) is 3.95. The topological polar surface area (TPSA) is 37.3 Å². The van der Waals surface area contributed by atoms with E-state index in [1.165, 1.54) is 0 Å². The van der Waals surface area contributed by atoms with E-state index in [1.54, 1.807) is 0 Å². The van der Waals surface area contributed by atoms with E-state index in [-0.39, 0.29) is 29.9 Å². The lowest BCUT2D eigenvalue weighted by molar-refractivity contribution is -0.142. The standard InChI is InChI=1S/C8H16O2.HI/c1-3-5-7(6-4-2)8(9)10;/h7H,3-6H2,1-2H3,(H,9,10);1H. The molecule has 0 radical (unpaired) electrons. The van der Waals surface area contributed by atoms with Crippen molar-refractivity contribution in [2.45, 2.75) is 39.5 Å². The first kappa shape index (κ1) is 13.8. The summed E-state index contributed by atoms with van der Waals surface area (Å²) in [6.07, 6.45) is 3.58. The highest BCUT2D eigenvalue weighted by molar-refractivity contribution is 14.0. The van der Waals surface area contributed by atoms with Crippen LogP contribution in [0.5, 0.6) is 0 Å². The number of rotatable bonds is 5. The summed E-state index contributed by atoms with van der Waals surface area (Å²) in [4.78, 5) is 10.5. The highest BCUT2D eigenvalue weighted by Crippen LogP contribution is 2.12. The van der Waals surface area contributed by atoms with Gasteiger partial charge in [0, 0.05) is 0 Å². The van der Waals surface area contributed by atoms with Gasteiger partial charge < -0.3 is 5.11 Å². The molecule has 0 aliphatic heterocycles. The Bertz CT molecular complexity index is 98.3. The van der Waals surface area contributed by atoms with Crippen molar-refractivity contribution in [1.29, 1.82) is 0 Å². The molecule has 0 spiro atoms. The average Bonchev–Trinajstić information content (AvgIpc) is 1.87. The largest absolute Gasteiger partial charge is 0.481 e. The summed E-state index contributed by atoms with van der Waals surface area (Å²) in [6.45, 7) is 4.04. The van der Waals surface area contributed by atoms with Gasteiger partial charge in [0.05, 0.1) is 5.92 Å². The van der Waals surface area contributed by atoms with Crippen molar-refractivity contribution < 1.29 is 9.90 Å². The van der Waals surface area contributed by atoms with Gasteiger partial charge in [0.1, 0.15) is 0 Å². The van der Waals surface area contributed by atoms with E-state index in [1.807, 2.05) is 13.8 Å². The molecule has 11 heavy (non-hydrogen) atoms. The fourth-order valence-electron chi connectivity index (χ4n) is 1.09. The number of halogens is 1. The SMILES string of the molecule is CCCC(CCC)C(=O)O.I. The molecule has 0 aliphatic carbocycles. The van der Waals surface area contributed by atoms with Crippen molar-refractivity contribution in [1.82, 2.24) is 0 Å². The minimum Gasteiger partial charge on any atom is -0.481 e. The van der Waals surface area contributed by atoms with Crippen molar-refractivity contribution >= 4 is 29.9 Å². The van der Waals surface area contributed by atoms with E-state index in [0.717, 1.165) is 25.7 Å². The first-order valence-corrected chi connectivity index (χ1v) is 3.95. The van der Waals surface area contributed by atoms with Gasteiger partial charge >= 0.3 is 5.97 Å². The fourth-order valence-corrected chi connectivity index (χ4v) is 1.09. The second kappa shape index (κ2) is 8.30. The first-order chi connectivity index (χ1) is 4.72. The Balaban J connectivity index is 0. The van der Waals surface area contributed by atoms with Gasteiger partial charge in [-0.05, 0) is 12.8 Å². The van der Waals surface area contributed by atoms with Crippen LogP contribution in [0.1, 0.15) is 39.5 Å². The molecule has 0 aromatic heterocycles. The van der Waals surface area contributed by atoms with Gasteiger partial charge in [-0.25, -0.2) is 0 Å². The lowest BCUT2D eigenvalue weighted by Gasteiger charge is -2.07. The van der Waals surface area contributed by atoms with E-state index < -0.39 is 5.97 Å². The van der Waals surface area contributed by atoms with Crippen LogP contribution in [0.25, 0.3) is 0 Å². The Hall–Kier alpha value is 0.200. The molecule has 3 heteroatoms. The minimum absolute atomic E-state index is 0. The number of hydrogen-bond donors (Lipinski definition) is 1. The summed E-state index contributed by atoms with van der Waals surface area (Å²) in [7, 11) is 0. The Kier molecular flexibility index (Phi) is 10.4. The van der Waals surface area contributed by atoms with Crippen LogP contribution in [0, 0.1) is 5.92 Å². The maximum Gasteiger partial charge on any atom is 0.306 e. The van der Waals surface area contributed by atoms with E-state index in [9.17, 15) is 4.79 Å². The number of carboxylic acid groups (broad SMARTS) is 1. The molecular formula is C8H17IO2. The molecule has 0 heterocycles. The zero-order valence-corrected chi connectivity index (χ0v) is 9.50. The smallest absolute Gasteiger partial charge is 0.306 e. The van der Waals surface area contributed by atoms with Crippen molar-refractivity contribution in [3.05, 3.63) is 0 Å². The predicted molar refractivity (Wildman–Crippen MR) is 56.4 cm³/mol. The lowest BCUT2D eigenvalue weighted by atomic mass is 9.99. The summed E-state index contributed by atoms with van der Waals surface area (Å²) >= 11 is 0. The van der Waals surface area contributed by atoms with E-state index in [0.29, 0.717) is 0 Å². The Labute approximate surface area is 85.4 Å². The van der Waals surface area contributed by atoms with Gasteiger partial charge in [-0.3, -0.25) is 4.79 Å². The molecule has 0 aliphatic rings. The number of carbonyl (C=O) groups is 1. The lowest BCUT2D eigenvalue weighted by Crippen LogP contribution is -2.12. The van der Waals surface area contributed by atoms with E-state index in [4.69, 9.17) is 5.11 Å².